The first-order chi connectivity index (χ1) is 11.1. The number of aliphatic carboxylic acids is 1. The van der Waals surface area contributed by atoms with E-state index in [4.69, 9.17) is 19.3 Å². The molecule has 0 aromatic rings. The second kappa shape index (κ2) is 7.53. The number of ether oxygens (including phenoxy) is 3. The van der Waals surface area contributed by atoms with E-state index in [9.17, 15) is 40.5 Å². The number of rotatable bonds is 4. The van der Waals surface area contributed by atoms with Gasteiger partial charge in [-0.3, -0.25) is 0 Å². The Hall–Kier alpha value is -0.930. The van der Waals surface area contributed by atoms with E-state index < -0.39 is 74.0 Å². The molecule has 0 radical (unpaired) electrons. The van der Waals surface area contributed by atoms with Gasteiger partial charge in [-0.2, -0.15) is 0 Å². The fraction of sp³-hybridized carbons (Fsp3) is 0.917. The summed E-state index contributed by atoms with van der Waals surface area (Å²) in [4.78, 5) is 11.0. The van der Waals surface area contributed by atoms with Gasteiger partial charge < -0.3 is 55.1 Å². The van der Waals surface area contributed by atoms with Crippen LogP contribution >= 0.6 is 0 Å². The number of hydrogen-bond acceptors (Lipinski definition) is 11. The second-order valence-electron chi connectivity index (χ2n) is 5.61. The summed E-state index contributed by atoms with van der Waals surface area (Å²) in [6.45, 7) is -0.584. The molecule has 0 unspecified atom stereocenters. The molecule has 0 amide bonds. The van der Waals surface area contributed by atoms with Crippen LogP contribution in [0, 0.1) is 0 Å². The minimum Gasteiger partial charge on any atom is -0.479 e. The Morgan fingerprint density at radius 1 is 0.792 bits per heavy atom. The molecule has 2 rings (SSSR count). The number of aliphatic hydroxyl groups excluding tert-OH is 7. The Labute approximate surface area is 135 Å². The number of carbonyl (C=O) groups is 1. The van der Waals surface area contributed by atoms with Crippen molar-refractivity contribution in [3.05, 3.63) is 0 Å². The number of carboxylic acids is 1. The minimum atomic E-state index is -1.88. The summed E-state index contributed by atoms with van der Waals surface area (Å²) in [5.74, 6) is -1.59. The first-order valence-corrected chi connectivity index (χ1v) is 7.07. The number of hydrogen-bond donors (Lipinski definition) is 8. The molecule has 12 heteroatoms. The highest BCUT2D eigenvalue weighted by Gasteiger charge is 2.49. The Morgan fingerprint density at radius 3 is 1.96 bits per heavy atom. The van der Waals surface area contributed by atoms with Crippen LogP contribution in [0.25, 0.3) is 0 Å². The summed E-state index contributed by atoms with van der Waals surface area (Å²) in [6, 6.07) is 0. The van der Waals surface area contributed by atoms with Gasteiger partial charge in [-0.25, -0.2) is 4.79 Å². The third-order valence-corrected chi connectivity index (χ3v) is 3.92. The van der Waals surface area contributed by atoms with E-state index >= 15 is 0 Å². The van der Waals surface area contributed by atoms with E-state index in [0.717, 1.165) is 0 Å². The molecule has 2 heterocycles. The van der Waals surface area contributed by atoms with Gasteiger partial charge in [-0.05, 0) is 0 Å². The zero-order valence-corrected chi connectivity index (χ0v) is 12.2. The third-order valence-electron chi connectivity index (χ3n) is 3.92. The maximum atomic E-state index is 11.0. The molecule has 10 atom stereocenters. The van der Waals surface area contributed by atoms with E-state index in [1.165, 1.54) is 0 Å². The van der Waals surface area contributed by atoms with Crippen molar-refractivity contribution in [2.75, 3.05) is 6.61 Å². The second-order valence-corrected chi connectivity index (χ2v) is 5.61. The Morgan fingerprint density at radius 2 is 1.38 bits per heavy atom. The molecular weight excluding hydrogens is 336 g/mol. The van der Waals surface area contributed by atoms with E-state index in [-0.39, 0.29) is 0 Å². The fourth-order valence-electron chi connectivity index (χ4n) is 2.45. The van der Waals surface area contributed by atoms with Crippen molar-refractivity contribution in [2.24, 2.45) is 0 Å². The van der Waals surface area contributed by atoms with Crippen LogP contribution in [0.2, 0.25) is 0 Å². The third kappa shape index (κ3) is 3.67. The average molecular weight is 356 g/mol. The molecule has 8 N–H and O–H groups in total. The lowest BCUT2D eigenvalue weighted by Crippen LogP contribution is -2.62. The molecular formula is C12H20O12. The van der Waals surface area contributed by atoms with Gasteiger partial charge in [0.1, 0.15) is 42.7 Å². The predicted octanol–water partition coefficient (Wildman–Crippen LogP) is -5.30. The molecule has 12 nitrogen and oxygen atoms in total. The van der Waals surface area contributed by atoms with Gasteiger partial charge in [0.05, 0.1) is 6.61 Å². The topological polar surface area (TPSA) is 207 Å². The maximum Gasteiger partial charge on any atom is 0.335 e. The van der Waals surface area contributed by atoms with Crippen molar-refractivity contribution in [2.45, 2.75) is 61.4 Å². The molecule has 2 saturated heterocycles. The summed E-state index contributed by atoms with van der Waals surface area (Å²) >= 11 is 0. The highest BCUT2D eigenvalue weighted by atomic mass is 16.7. The first-order valence-electron chi connectivity index (χ1n) is 7.07. The quantitative estimate of drug-likeness (QED) is 0.238. The van der Waals surface area contributed by atoms with Gasteiger partial charge >= 0.3 is 5.97 Å². The van der Waals surface area contributed by atoms with Crippen LogP contribution in [0.4, 0.5) is 0 Å². The Kier molecular flexibility index (Phi) is 6.09. The van der Waals surface area contributed by atoms with Crippen molar-refractivity contribution < 1.29 is 59.9 Å². The number of carboxylic acid groups (broad SMARTS) is 1. The molecule has 24 heavy (non-hydrogen) atoms. The summed E-state index contributed by atoms with van der Waals surface area (Å²) in [5.41, 5.74) is 0. The standard InChI is InChI=1S/C12H20O12/c13-3-2(23-11(21)7(17)4(3)14)1-22-12-8(18)5(15)6(16)9(24-12)10(19)20/h2-9,11-18,21H,1H2,(H,19,20)/t2-,3-,4+,5+,6-,7-,8-,9+,11-,12+/m1/s1. The average Bonchev–Trinajstić information content (AvgIpc) is 2.54. The lowest BCUT2D eigenvalue weighted by Gasteiger charge is -2.41. The van der Waals surface area contributed by atoms with Gasteiger partial charge in [0, 0.05) is 0 Å². The molecule has 0 aliphatic carbocycles. The molecule has 0 aromatic heterocycles. The van der Waals surface area contributed by atoms with Crippen molar-refractivity contribution in [3.8, 4) is 0 Å². The molecule has 2 aliphatic rings. The van der Waals surface area contributed by atoms with Crippen molar-refractivity contribution in [3.63, 3.8) is 0 Å². The summed E-state index contributed by atoms with van der Waals surface area (Å²) in [7, 11) is 0. The Balaban J connectivity index is 1.98. The van der Waals surface area contributed by atoms with E-state index in [1.54, 1.807) is 0 Å². The molecule has 2 fully saturated rings. The smallest absolute Gasteiger partial charge is 0.335 e. The normalized spacial score (nSPS) is 49.8. The van der Waals surface area contributed by atoms with Gasteiger partial charge in [0.25, 0.3) is 0 Å². The van der Waals surface area contributed by atoms with Crippen LogP contribution in [0.5, 0.6) is 0 Å². The zero-order chi connectivity index (χ0) is 18.2. The lowest BCUT2D eigenvalue weighted by molar-refractivity contribution is -0.321. The molecule has 0 spiro atoms. The zero-order valence-electron chi connectivity index (χ0n) is 12.2. The summed E-state index contributed by atoms with van der Waals surface area (Å²) in [5, 5.41) is 75.8. The largest absolute Gasteiger partial charge is 0.479 e. The minimum absolute atomic E-state index is 0.584. The highest BCUT2D eigenvalue weighted by molar-refractivity contribution is 5.73. The van der Waals surface area contributed by atoms with Crippen molar-refractivity contribution >= 4 is 5.97 Å². The van der Waals surface area contributed by atoms with Crippen LogP contribution in [0.3, 0.4) is 0 Å². The van der Waals surface area contributed by atoms with E-state index in [1.807, 2.05) is 0 Å². The summed E-state index contributed by atoms with van der Waals surface area (Å²) in [6.07, 6.45) is -17.3. The highest BCUT2D eigenvalue weighted by Crippen LogP contribution is 2.25. The fourth-order valence-corrected chi connectivity index (χ4v) is 2.45. The first kappa shape index (κ1) is 19.4. The van der Waals surface area contributed by atoms with Crippen molar-refractivity contribution in [1.82, 2.24) is 0 Å². The van der Waals surface area contributed by atoms with Crippen LogP contribution in [0.15, 0.2) is 0 Å². The lowest BCUT2D eigenvalue weighted by atomic mass is 9.98. The Bertz CT molecular complexity index is 446. The van der Waals surface area contributed by atoms with Crippen LogP contribution in [-0.2, 0) is 19.0 Å². The summed E-state index contributed by atoms with van der Waals surface area (Å²) < 4.78 is 14.7. The monoisotopic (exact) mass is 356 g/mol. The van der Waals surface area contributed by atoms with Crippen molar-refractivity contribution in [1.29, 1.82) is 0 Å². The molecule has 0 saturated carbocycles. The van der Waals surface area contributed by atoms with E-state index in [2.05, 4.69) is 0 Å². The van der Waals surface area contributed by atoms with Gasteiger partial charge in [-0.15, -0.1) is 0 Å². The van der Waals surface area contributed by atoms with Gasteiger partial charge in [0.2, 0.25) is 0 Å². The molecule has 0 bridgehead atoms. The van der Waals surface area contributed by atoms with E-state index in [0.29, 0.717) is 0 Å². The van der Waals surface area contributed by atoms with Crippen LogP contribution in [0.1, 0.15) is 0 Å². The predicted molar refractivity (Wildman–Crippen MR) is 69.2 cm³/mol. The van der Waals surface area contributed by atoms with Gasteiger partial charge in [-0.1, -0.05) is 0 Å². The SMILES string of the molecule is O=C(O)[C@H]1O[C@H](OC[C@H]2O[C@@H](O)[C@H](O)[C@@H](O)[C@@H]2O)[C@H](O)[C@@H](O)[C@H]1O. The van der Waals surface area contributed by atoms with Crippen LogP contribution < -0.4 is 0 Å². The molecule has 2 aliphatic heterocycles. The number of aliphatic hydroxyl groups is 7. The molecule has 140 valence electrons. The van der Waals surface area contributed by atoms with Gasteiger partial charge in [0.15, 0.2) is 18.7 Å². The molecule has 0 aromatic carbocycles. The van der Waals surface area contributed by atoms with Crippen LogP contribution in [-0.4, -0.2) is 115 Å². The maximum absolute atomic E-state index is 11.0.